The van der Waals surface area contributed by atoms with E-state index < -0.39 is 0 Å². The van der Waals surface area contributed by atoms with Gasteiger partial charge in [-0.2, -0.15) is 0 Å². The Balaban J connectivity index is 1.91. The number of amides is 1. The second kappa shape index (κ2) is 9.69. The first-order valence-electron chi connectivity index (χ1n) is 8.85. The molecule has 142 valence electrons. The summed E-state index contributed by atoms with van der Waals surface area (Å²) in [5.41, 5.74) is 2.39. The molecule has 0 aliphatic rings. The number of carbonyl (C=O) groups is 2. The van der Waals surface area contributed by atoms with Crippen LogP contribution in [0.1, 0.15) is 29.8 Å². The zero-order valence-electron chi connectivity index (χ0n) is 16.1. The first kappa shape index (κ1) is 20.4. The molecule has 0 aliphatic heterocycles. The number of ether oxygens (including phenoxy) is 1. The summed E-state index contributed by atoms with van der Waals surface area (Å²) in [6.07, 6.45) is 1.70. The van der Waals surface area contributed by atoms with Crippen molar-refractivity contribution in [2.45, 2.75) is 26.4 Å². The highest BCUT2D eigenvalue weighted by atomic mass is 16.5. The third kappa shape index (κ3) is 6.08. The summed E-state index contributed by atoms with van der Waals surface area (Å²) in [7, 11) is 1.91. The zero-order valence-corrected chi connectivity index (χ0v) is 16.1. The number of benzene rings is 2. The number of ketones is 1. The van der Waals surface area contributed by atoms with Crippen molar-refractivity contribution in [3.05, 3.63) is 72.3 Å². The van der Waals surface area contributed by atoms with Crippen LogP contribution >= 0.6 is 0 Å². The Morgan fingerprint density at radius 1 is 1.15 bits per heavy atom. The first-order valence-corrected chi connectivity index (χ1v) is 8.85. The maximum absolute atomic E-state index is 12.5. The Bertz CT molecular complexity index is 782. The number of rotatable bonds is 9. The summed E-state index contributed by atoms with van der Waals surface area (Å²) >= 11 is 0. The normalized spacial score (nSPS) is 11.7. The van der Waals surface area contributed by atoms with Gasteiger partial charge in [-0.15, -0.1) is 0 Å². The number of hydrogen-bond donors (Lipinski definition) is 1. The molecule has 5 nitrogen and oxygen atoms in total. The minimum absolute atomic E-state index is 0.00175. The second-order valence-electron chi connectivity index (χ2n) is 6.46. The van der Waals surface area contributed by atoms with E-state index in [0.717, 1.165) is 11.3 Å². The predicted octanol–water partition coefficient (Wildman–Crippen LogP) is 3.91. The van der Waals surface area contributed by atoms with Gasteiger partial charge in [0.05, 0.1) is 6.04 Å². The number of carbonyl (C=O) groups excluding carboxylic acids is 2. The summed E-state index contributed by atoms with van der Waals surface area (Å²) in [5.74, 6) is 0.696. The molecule has 0 heterocycles. The Kier molecular flexibility index (Phi) is 7.32. The van der Waals surface area contributed by atoms with Gasteiger partial charge < -0.3 is 10.1 Å². The lowest BCUT2D eigenvalue weighted by molar-refractivity contribution is -0.120. The molecule has 0 spiro atoms. The van der Waals surface area contributed by atoms with Crippen molar-refractivity contribution >= 4 is 17.4 Å². The van der Waals surface area contributed by atoms with Crippen LogP contribution in [0.3, 0.4) is 0 Å². The fourth-order valence-electron chi connectivity index (χ4n) is 2.51. The Morgan fingerprint density at radius 2 is 1.78 bits per heavy atom. The first-order chi connectivity index (χ1) is 12.9. The lowest BCUT2D eigenvalue weighted by Crippen LogP contribution is -2.39. The topological polar surface area (TPSA) is 58.6 Å². The van der Waals surface area contributed by atoms with E-state index in [2.05, 4.69) is 11.9 Å². The van der Waals surface area contributed by atoms with E-state index in [9.17, 15) is 9.59 Å². The largest absolute Gasteiger partial charge is 0.490 e. The van der Waals surface area contributed by atoms with Crippen LogP contribution in [0, 0.1) is 0 Å². The van der Waals surface area contributed by atoms with Gasteiger partial charge in [0.15, 0.2) is 5.78 Å². The van der Waals surface area contributed by atoms with Crippen molar-refractivity contribution in [2.24, 2.45) is 0 Å². The summed E-state index contributed by atoms with van der Waals surface area (Å²) in [6.45, 7) is 8.12. The van der Waals surface area contributed by atoms with E-state index >= 15 is 0 Å². The van der Waals surface area contributed by atoms with Crippen LogP contribution in [-0.2, 0) is 11.3 Å². The molecule has 1 atom stereocenters. The SMILES string of the molecule is C=CCOc1ccc(CN(C)[C@H](C)C(=O)Nc2ccc(C(C)=O)cc2)cc1. The molecular weight excluding hydrogens is 340 g/mol. The van der Waals surface area contributed by atoms with E-state index in [1.54, 1.807) is 30.3 Å². The molecular formula is C22H26N2O3. The quantitative estimate of drug-likeness (QED) is 0.540. The molecule has 0 unspecified atom stereocenters. The van der Waals surface area contributed by atoms with E-state index in [1.807, 2.05) is 43.1 Å². The van der Waals surface area contributed by atoms with Crippen molar-refractivity contribution in [1.82, 2.24) is 4.90 Å². The van der Waals surface area contributed by atoms with Crippen LogP contribution in [0.25, 0.3) is 0 Å². The molecule has 5 heteroatoms. The fraction of sp³-hybridized carbons (Fsp3) is 0.273. The van der Waals surface area contributed by atoms with Crippen molar-refractivity contribution < 1.29 is 14.3 Å². The third-order valence-electron chi connectivity index (χ3n) is 4.32. The van der Waals surface area contributed by atoms with Gasteiger partial charge in [0.2, 0.25) is 5.91 Å². The molecule has 2 aromatic rings. The van der Waals surface area contributed by atoms with Gasteiger partial charge >= 0.3 is 0 Å². The van der Waals surface area contributed by atoms with Crippen molar-refractivity contribution in [1.29, 1.82) is 0 Å². The standard InChI is InChI=1S/C22H26N2O3/c1-5-14-27-21-12-6-18(7-13-21)15-24(4)16(2)22(26)23-20-10-8-19(9-11-20)17(3)25/h5-13,16H,1,14-15H2,2-4H3,(H,23,26)/t16-/m1/s1. The molecule has 27 heavy (non-hydrogen) atoms. The average Bonchev–Trinajstić information content (AvgIpc) is 2.67. The van der Waals surface area contributed by atoms with Crippen molar-refractivity contribution in [3.8, 4) is 5.75 Å². The molecule has 0 saturated heterocycles. The van der Waals surface area contributed by atoms with Gasteiger partial charge in [0.1, 0.15) is 12.4 Å². The van der Waals surface area contributed by atoms with Crippen LogP contribution < -0.4 is 10.1 Å². The molecule has 0 fully saturated rings. The maximum Gasteiger partial charge on any atom is 0.241 e. The van der Waals surface area contributed by atoms with Crippen LogP contribution in [0.5, 0.6) is 5.75 Å². The number of likely N-dealkylation sites (N-methyl/N-ethyl adjacent to an activating group) is 1. The second-order valence-corrected chi connectivity index (χ2v) is 6.46. The number of anilines is 1. The van der Waals surface area contributed by atoms with E-state index in [0.29, 0.717) is 24.4 Å². The van der Waals surface area contributed by atoms with Gasteiger partial charge in [-0.25, -0.2) is 0 Å². The minimum Gasteiger partial charge on any atom is -0.490 e. The Morgan fingerprint density at radius 3 is 2.33 bits per heavy atom. The number of nitrogens with one attached hydrogen (secondary N) is 1. The Hall–Kier alpha value is -2.92. The number of hydrogen-bond acceptors (Lipinski definition) is 4. The highest BCUT2D eigenvalue weighted by molar-refractivity contribution is 5.96. The molecule has 0 radical (unpaired) electrons. The van der Waals surface area contributed by atoms with Gasteiger partial charge in [-0.3, -0.25) is 14.5 Å². The molecule has 1 amide bonds. The van der Waals surface area contributed by atoms with Gasteiger partial charge in [0.25, 0.3) is 0 Å². The summed E-state index contributed by atoms with van der Waals surface area (Å²) in [5, 5.41) is 2.89. The van der Waals surface area contributed by atoms with Gasteiger partial charge in [-0.05, 0) is 62.9 Å². The minimum atomic E-state index is -0.311. The Labute approximate surface area is 160 Å². The lowest BCUT2D eigenvalue weighted by atomic mass is 10.1. The van der Waals surface area contributed by atoms with Crippen LogP contribution in [-0.4, -0.2) is 36.3 Å². The predicted molar refractivity (Wildman–Crippen MR) is 108 cm³/mol. The molecule has 0 aliphatic carbocycles. The van der Waals surface area contributed by atoms with Gasteiger partial charge in [0, 0.05) is 17.8 Å². The molecule has 2 aromatic carbocycles. The highest BCUT2D eigenvalue weighted by Gasteiger charge is 2.18. The van der Waals surface area contributed by atoms with Crippen LogP contribution in [0.15, 0.2) is 61.2 Å². The number of Topliss-reactive ketones (excluding diaryl/α,β-unsaturated/α-hetero) is 1. The average molecular weight is 366 g/mol. The maximum atomic E-state index is 12.5. The van der Waals surface area contributed by atoms with Crippen molar-refractivity contribution in [3.63, 3.8) is 0 Å². The third-order valence-corrected chi connectivity index (χ3v) is 4.32. The zero-order chi connectivity index (χ0) is 19.8. The summed E-state index contributed by atoms with van der Waals surface area (Å²) in [6, 6.07) is 14.4. The van der Waals surface area contributed by atoms with E-state index in [1.165, 1.54) is 6.92 Å². The molecule has 0 aromatic heterocycles. The monoisotopic (exact) mass is 366 g/mol. The summed E-state index contributed by atoms with van der Waals surface area (Å²) in [4.78, 5) is 25.8. The molecule has 2 rings (SSSR count). The summed E-state index contributed by atoms with van der Waals surface area (Å²) < 4.78 is 5.47. The number of nitrogens with zero attached hydrogens (tertiary/aromatic N) is 1. The van der Waals surface area contributed by atoms with E-state index in [4.69, 9.17) is 4.74 Å². The molecule has 0 saturated carbocycles. The van der Waals surface area contributed by atoms with Crippen LogP contribution in [0.2, 0.25) is 0 Å². The van der Waals surface area contributed by atoms with Crippen LogP contribution in [0.4, 0.5) is 5.69 Å². The molecule has 1 N–H and O–H groups in total. The van der Waals surface area contributed by atoms with Gasteiger partial charge in [-0.1, -0.05) is 24.8 Å². The highest BCUT2D eigenvalue weighted by Crippen LogP contribution is 2.15. The molecule has 0 bridgehead atoms. The smallest absolute Gasteiger partial charge is 0.241 e. The lowest BCUT2D eigenvalue weighted by Gasteiger charge is -2.24. The van der Waals surface area contributed by atoms with E-state index in [-0.39, 0.29) is 17.7 Å². The van der Waals surface area contributed by atoms with Crippen molar-refractivity contribution in [2.75, 3.05) is 19.0 Å². The fourth-order valence-corrected chi connectivity index (χ4v) is 2.51.